The highest BCUT2D eigenvalue weighted by molar-refractivity contribution is 5.92. The summed E-state index contributed by atoms with van der Waals surface area (Å²) in [7, 11) is 1.75. The average molecular weight is 327 g/mol. The topological polar surface area (TPSA) is 50.4 Å². The molecule has 0 aliphatic rings. The van der Waals surface area contributed by atoms with Gasteiger partial charge in [-0.05, 0) is 31.3 Å². The lowest BCUT2D eigenvalue weighted by Crippen LogP contribution is -2.28. The predicted octanol–water partition coefficient (Wildman–Crippen LogP) is 2.84. The lowest BCUT2D eigenvalue weighted by Gasteiger charge is -2.12. The number of alkyl halides is 3. The number of carbonyl (C=O) groups excluding carboxylic acids is 1. The third-order valence-corrected chi connectivity index (χ3v) is 2.48. The predicted molar refractivity (Wildman–Crippen MR) is 77.0 cm³/mol. The van der Waals surface area contributed by atoms with Crippen molar-refractivity contribution in [3.05, 3.63) is 24.3 Å². The smallest absolute Gasteiger partial charge is 0.422 e. The quantitative estimate of drug-likeness (QED) is 0.845. The summed E-state index contributed by atoms with van der Waals surface area (Å²) in [6, 6.07) is 5.75. The van der Waals surface area contributed by atoms with Gasteiger partial charge in [0.05, 0.1) is 0 Å². The van der Waals surface area contributed by atoms with E-state index in [0.29, 0.717) is 12.2 Å². The van der Waals surface area contributed by atoms with E-state index in [9.17, 15) is 18.0 Å². The molecule has 0 saturated carbocycles. The van der Waals surface area contributed by atoms with Crippen LogP contribution in [0.1, 0.15) is 6.92 Å². The Bertz CT molecular complexity index is 438. The molecule has 2 N–H and O–H groups in total. The molecule has 0 spiro atoms. The lowest BCUT2D eigenvalue weighted by atomic mass is 10.1. The van der Waals surface area contributed by atoms with Crippen molar-refractivity contribution in [1.82, 2.24) is 5.32 Å². The first-order valence-electron chi connectivity index (χ1n) is 6.07. The van der Waals surface area contributed by atoms with E-state index < -0.39 is 12.8 Å². The van der Waals surface area contributed by atoms with Crippen LogP contribution in [0, 0.1) is 5.92 Å². The van der Waals surface area contributed by atoms with Crippen molar-refractivity contribution in [2.75, 3.05) is 25.5 Å². The van der Waals surface area contributed by atoms with Gasteiger partial charge >= 0.3 is 6.18 Å². The Morgan fingerprint density at radius 3 is 2.33 bits per heavy atom. The van der Waals surface area contributed by atoms with Crippen LogP contribution in [0.4, 0.5) is 18.9 Å². The van der Waals surface area contributed by atoms with Gasteiger partial charge in [-0.3, -0.25) is 4.79 Å². The molecule has 1 amide bonds. The number of benzene rings is 1. The Hall–Kier alpha value is -1.47. The van der Waals surface area contributed by atoms with Crippen LogP contribution in [0.2, 0.25) is 0 Å². The number of nitrogens with one attached hydrogen (secondary N) is 2. The molecule has 0 aromatic heterocycles. The molecule has 0 heterocycles. The second-order valence-electron chi connectivity index (χ2n) is 4.38. The maximum Gasteiger partial charge on any atom is 0.422 e. The molecule has 0 fully saturated rings. The number of hydrogen-bond donors (Lipinski definition) is 2. The normalized spacial score (nSPS) is 12.2. The largest absolute Gasteiger partial charge is 0.484 e. The second kappa shape index (κ2) is 8.74. The summed E-state index contributed by atoms with van der Waals surface area (Å²) in [4.78, 5) is 11.7. The van der Waals surface area contributed by atoms with Gasteiger partial charge in [-0.1, -0.05) is 6.92 Å². The molecule has 1 unspecified atom stereocenters. The van der Waals surface area contributed by atoms with Gasteiger partial charge < -0.3 is 15.4 Å². The highest BCUT2D eigenvalue weighted by atomic mass is 35.5. The number of ether oxygens (including phenoxy) is 1. The standard InChI is InChI=1S/C13H17F3N2O2.ClH/c1-9(7-17-2)12(19)18-10-3-5-11(6-4-10)20-8-13(14,15)16;/h3-6,9,17H,7-8H2,1-2H3,(H,18,19);1H. The summed E-state index contributed by atoms with van der Waals surface area (Å²) in [6.45, 7) is 0.975. The van der Waals surface area contributed by atoms with E-state index in [0.717, 1.165) is 0 Å². The van der Waals surface area contributed by atoms with E-state index >= 15 is 0 Å². The maximum atomic E-state index is 12.0. The van der Waals surface area contributed by atoms with Gasteiger partial charge in [0, 0.05) is 18.2 Å². The molecule has 1 atom stereocenters. The molecule has 120 valence electrons. The molecular weight excluding hydrogens is 309 g/mol. The van der Waals surface area contributed by atoms with Gasteiger partial charge in [0.1, 0.15) is 5.75 Å². The summed E-state index contributed by atoms with van der Waals surface area (Å²) >= 11 is 0. The fourth-order valence-electron chi connectivity index (χ4n) is 1.46. The minimum atomic E-state index is -4.37. The minimum Gasteiger partial charge on any atom is -0.484 e. The molecule has 1 aromatic rings. The first-order chi connectivity index (χ1) is 9.31. The average Bonchev–Trinajstić information content (AvgIpc) is 2.37. The Labute approximate surface area is 127 Å². The zero-order chi connectivity index (χ0) is 15.2. The molecule has 0 aliphatic carbocycles. The van der Waals surface area contributed by atoms with E-state index in [-0.39, 0.29) is 30.0 Å². The number of anilines is 1. The van der Waals surface area contributed by atoms with Crippen molar-refractivity contribution in [2.45, 2.75) is 13.1 Å². The molecule has 0 saturated heterocycles. The third-order valence-electron chi connectivity index (χ3n) is 2.48. The lowest BCUT2D eigenvalue weighted by molar-refractivity contribution is -0.153. The number of rotatable bonds is 6. The molecular formula is C13H18ClF3N2O2. The highest BCUT2D eigenvalue weighted by Gasteiger charge is 2.28. The molecule has 0 bridgehead atoms. The number of amides is 1. The molecule has 21 heavy (non-hydrogen) atoms. The molecule has 8 heteroatoms. The summed E-state index contributed by atoms with van der Waals surface area (Å²) in [5.74, 6) is -0.270. The number of hydrogen-bond acceptors (Lipinski definition) is 3. The van der Waals surface area contributed by atoms with Crippen LogP contribution in [0.25, 0.3) is 0 Å². The van der Waals surface area contributed by atoms with Crippen molar-refractivity contribution in [1.29, 1.82) is 0 Å². The van der Waals surface area contributed by atoms with E-state index in [1.165, 1.54) is 24.3 Å². The fourth-order valence-corrected chi connectivity index (χ4v) is 1.46. The Morgan fingerprint density at radius 2 is 1.86 bits per heavy atom. The fraction of sp³-hybridized carbons (Fsp3) is 0.462. The highest BCUT2D eigenvalue weighted by Crippen LogP contribution is 2.20. The molecule has 0 radical (unpaired) electrons. The van der Waals surface area contributed by atoms with Crippen LogP contribution in [-0.4, -0.2) is 32.3 Å². The van der Waals surface area contributed by atoms with Gasteiger partial charge in [-0.2, -0.15) is 13.2 Å². The Balaban J connectivity index is 0.00000400. The van der Waals surface area contributed by atoms with Crippen molar-refractivity contribution in [2.24, 2.45) is 5.92 Å². The Morgan fingerprint density at radius 1 is 1.29 bits per heavy atom. The van der Waals surface area contributed by atoms with E-state index in [4.69, 9.17) is 0 Å². The summed E-state index contributed by atoms with van der Waals surface area (Å²) in [6.07, 6.45) is -4.37. The van der Waals surface area contributed by atoms with Crippen LogP contribution in [0.15, 0.2) is 24.3 Å². The molecule has 1 aromatic carbocycles. The van der Waals surface area contributed by atoms with Crippen LogP contribution < -0.4 is 15.4 Å². The van der Waals surface area contributed by atoms with Gasteiger partial charge in [-0.15, -0.1) is 12.4 Å². The van der Waals surface area contributed by atoms with Gasteiger partial charge in [-0.25, -0.2) is 0 Å². The van der Waals surface area contributed by atoms with Crippen LogP contribution in [0.5, 0.6) is 5.75 Å². The summed E-state index contributed by atoms with van der Waals surface area (Å²) in [5, 5.41) is 5.56. The first-order valence-corrected chi connectivity index (χ1v) is 6.07. The van der Waals surface area contributed by atoms with E-state index in [1.807, 2.05) is 0 Å². The zero-order valence-corrected chi connectivity index (χ0v) is 12.5. The van der Waals surface area contributed by atoms with Crippen LogP contribution >= 0.6 is 12.4 Å². The minimum absolute atomic E-state index is 0. The molecule has 0 aliphatic heterocycles. The van der Waals surface area contributed by atoms with Crippen molar-refractivity contribution in [3.8, 4) is 5.75 Å². The molecule has 1 rings (SSSR count). The van der Waals surface area contributed by atoms with Gasteiger partial charge in [0.2, 0.25) is 5.91 Å². The van der Waals surface area contributed by atoms with Crippen molar-refractivity contribution < 1.29 is 22.7 Å². The maximum absolute atomic E-state index is 12.0. The number of carbonyl (C=O) groups is 1. The van der Waals surface area contributed by atoms with Crippen LogP contribution in [0.3, 0.4) is 0 Å². The van der Waals surface area contributed by atoms with E-state index in [1.54, 1.807) is 14.0 Å². The van der Waals surface area contributed by atoms with Gasteiger partial charge in [0.15, 0.2) is 6.61 Å². The monoisotopic (exact) mass is 326 g/mol. The van der Waals surface area contributed by atoms with E-state index in [2.05, 4.69) is 15.4 Å². The molecule has 4 nitrogen and oxygen atoms in total. The number of halogens is 4. The van der Waals surface area contributed by atoms with Crippen LogP contribution in [-0.2, 0) is 4.79 Å². The Kier molecular flexibility index (Phi) is 8.12. The third kappa shape index (κ3) is 7.77. The zero-order valence-electron chi connectivity index (χ0n) is 11.7. The SMILES string of the molecule is CNCC(C)C(=O)Nc1ccc(OCC(F)(F)F)cc1.Cl. The van der Waals surface area contributed by atoms with Crippen molar-refractivity contribution >= 4 is 24.0 Å². The van der Waals surface area contributed by atoms with Crippen molar-refractivity contribution in [3.63, 3.8) is 0 Å². The second-order valence-corrected chi connectivity index (χ2v) is 4.38. The summed E-state index contributed by atoms with van der Waals surface area (Å²) < 4.78 is 40.5. The van der Waals surface area contributed by atoms with Gasteiger partial charge in [0.25, 0.3) is 0 Å². The summed E-state index contributed by atoms with van der Waals surface area (Å²) in [5.41, 5.74) is 0.511. The first kappa shape index (κ1) is 19.5.